The van der Waals surface area contributed by atoms with Crippen molar-refractivity contribution in [1.29, 1.82) is 0 Å². The standard InChI is InChI=1S/C12H11ClFN3/c13-9-5-10(14)12(17-7-9)16-6-8-3-1-2-4-11(8)15/h1-5,7H,6,15H2,(H,16,17). The minimum Gasteiger partial charge on any atom is -0.398 e. The summed E-state index contributed by atoms with van der Waals surface area (Å²) < 4.78 is 13.4. The van der Waals surface area contributed by atoms with Crippen LogP contribution in [0.3, 0.4) is 0 Å². The Morgan fingerprint density at radius 3 is 2.82 bits per heavy atom. The molecule has 0 bridgehead atoms. The number of para-hydroxylation sites is 1. The quantitative estimate of drug-likeness (QED) is 0.825. The maximum Gasteiger partial charge on any atom is 0.166 e. The lowest BCUT2D eigenvalue weighted by Gasteiger charge is -2.08. The minimum atomic E-state index is -0.480. The fourth-order valence-corrected chi connectivity index (χ4v) is 1.56. The van der Waals surface area contributed by atoms with E-state index in [1.54, 1.807) is 6.07 Å². The van der Waals surface area contributed by atoms with E-state index in [1.807, 2.05) is 18.2 Å². The largest absolute Gasteiger partial charge is 0.398 e. The lowest BCUT2D eigenvalue weighted by molar-refractivity contribution is 0.624. The number of halogens is 2. The van der Waals surface area contributed by atoms with Crippen LogP contribution in [0.25, 0.3) is 0 Å². The van der Waals surface area contributed by atoms with E-state index in [1.165, 1.54) is 12.3 Å². The third kappa shape index (κ3) is 2.85. The van der Waals surface area contributed by atoms with Crippen LogP contribution in [0.15, 0.2) is 36.5 Å². The van der Waals surface area contributed by atoms with Gasteiger partial charge >= 0.3 is 0 Å². The van der Waals surface area contributed by atoms with E-state index in [9.17, 15) is 4.39 Å². The smallest absolute Gasteiger partial charge is 0.166 e. The monoisotopic (exact) mass is 251 g/mol. The van der Waals surface area contributed by atoms with Crippen molar-refractivity contribution in [1.82, 2.24) is 4.98 Å². The van der Waals surface area contributed by atoms with Gasteiger partial charge in [-0.25, -0.2) is 9.37 Å². The Balaban J connectivity index is 2.10. The highest BCUT2D eigenvalue weighted by molar-refractivity contribution is 6.30. The molecular weight excluding hydrogens is 241 g/mol. The van der Waals surface area contributed by atoms with Crippen LogP contribution in [0.1, 0.15) is 5.56 Å². The predicted molar refractivity (Wildman–Crippen MR) is 67.4 cm³/mol. The normalized spacial score (nSPS) is 10.2. The molecule has 1 heterocycles. The Bertz CT molecular complexity index is 531. The Kier molecular flexibility index (Phi) is 3.44. The van der Waals surface area contributed by atoms with Crippen molar-refractivity contribution in [2.75, 3.05) is 11.1 Å². The van der Waals surface area contributed by atoms with Gasteiger partial charge in [-0.15, -0.1) is 0 Å². The molecular formula is C12H11ClFN3. The Labute approximate surface area is 103 Å². The number of anilines is 2. The molecule has 88 valence electrons. The number of hydrogen-bond acceptors (Lipinski definition) is 3. The number of rotatable bonds is 3. The van der Waals surface area contributed by atoms with Crippen LogP contribution in [0, 0.1) is 5.82 Å². The summed E-state index contributed by atoms with van der Waals surface area (Å²) in [6, 6.07) is 8.60. The van der Waals surface area contributed by atoms with Crippen LogP contribution >= 0.6 is 11.6 Å². The average Bonchev–Trinajstić information content (AvgIpc) is 2.30. The van der Waals surface area contributed by atoms with Crippen LogP contribution < -0.4 is 11.1 Å². The fraction of sp³-hybridized carbons (Fsp3) is 0.0833. The molecule has 5 heteroatoms. The van der Waals surface area contributed by atoms with E-state index in [4.69, 9.17) is 17.3 Å². The summed E-state index contributed by atoms with van der Waals surface area (Å²) in [5, 5.41) is 3.14. The lowest BCUT2D eigenvalue weighted by atomic mass is 10.2. The highest BCUT2D eigenvalue weighted by Gasteiger charge is 2.05. The Morgan fingerprint density at radius 1 is 1.35 bits per heavy atom. The van der Waals surface area contributed by atoms with Crippen molar-refractivity contribution in [3.63, 3.8) is 0 Å². The summed E-state index contributed by atoms with van der Waals surface area (Å²) in [5.41, 5.74) is 7.33. The Morgan fingerprint density at radius 2 is 2.12 bits per heavy atom. The molecule has 3 N–H and O–H groups in total. The van der Waals surface area contributed by atoms with E-state index >= 15 is 0 Å². The van der Waals surface area contributed by atoms with E-state index < -0.39 is 5.82 Å². The molecule has 0 aliphatic heterocycles. The first-order chi connectivity index (χ1) is 8.16. The zero-order chi connectivity index (χ0) is 12.3. The first kappa shape index (κ1) is 11.7. The summed E-state index contributed by atoms with van der Waals surface area (Å²) in [4.78, 5) is 3.86. The molecule has 0 saturated heterocycles. The van der Waals surface area contributed by atoms with Crippen LogP contribution in [0.2, 0.25) is 5.02 Å². The van der Waals surface area contributed by atoms with E-state index in [0.717, 1.165) is 5.56 Å². The van der Waals surface area contributed by atoms with Gasteiger partial charge in [0.1, 0.15) is 0 Å². The highest BCUT2D eigenvalue weighted by atomic mass is 35.5. The summed E-state index contributed by atoms with van der Waals surface area (Å²) in [6.45, 7) is 0.415. The lowest BCUT2D eigenvalue weighted by Crippen LogP contribution is -2.05. The topological polar surface area (TPSA) is 50.9 Å². The Hall–Kier alpha value is -1.81. The van der Waals surface area contributed by atoms with E-state index in [-0.39, 0.29) is 10.8 Å². The first-order valence-corrected chi connectivity index (χ1v) is 5.43. The first-order valence-electron chi connectivity index (χ1n) is 5.05. The zero-order valence-electron chi connectivity index (χ0n) is 8.95. The molecule has 2 rings (SSSR count). The van der Waals surface area contributed by atoms with Gasteiger partial charge in [-0.2, -0.15) is 0 Å². The van der Waals surface area contributed by atoms with Gasteiger partial charge in [-0.1, -0.05) is 29.8 Å². The second kappa shape index (κ2) is 5.01. The number of nitrogens with zero attached hydrogens (tertiary/aromatic N) is 1. The molecule has 2 aromatic rings. The molecule has 0 spiro atoms. The van der Waals surface area contributed by atoms with Crippen LogP contribution in [-0.2, 0) is 6.54 Å². The van der Waals surface area contributed by atoms with Gasteiger partial charge in [-0.05, 0) is 17.7 Å². The molecule has 3 nitrogen and oxygen atoms in total. The van der Waals surface area contributed by atoms with Crippen molar-refractivity contribution >= 4 is 23.1 Å². The summed E-state index contributed by atoms with van der Waals surface area (Å²) in [7, 11) is 0. The number of pyridine rings is 1. The van der Waals surface area contributed by atoms with Crippen molar-refractivity contribution in [3.8, 4) is 0 Å². The maximum absolute atomic E-state index is 13.4. The molecule has 0 aliphatic carbocycles. The molecule has 0 fully saturated rings. The third-order valence-corrected chi connectivity index (χ3v) is 2.52. The van der Waals surface area contributed by atoms with E-state index in [2.05, 4.69) is 10.3 Å². The second-order valence-corrected chi connectivity index (χ2v) is 3.97. The number of nitrogen functional groups attached to an aromatic ring is 1. The number of aromatic nitrogens is 1. The number of benzene rings is 1. The zero-order valence-corrected chi connectivity index (χ0v) is 9.71. The second-order valence-electron chi connectivity index (χ2n) is 3.54. The van der Waals surface area contributed by atoms with Gasteiger partial charge in [0, 0.05) is 18.4 Å². The van der Waals surface area contributed by atoms with Gasteiger partial charge < -0.3 is 11.1 Å². The molecule has 0 radical (unpaired) electrons. The van der Waals surface area contributed by atoms with E-state index in [0.29, 0.717) is 12.2 Å². The van der Waals surface area contributed by atoms with Gasteiger partial charge in [-0.3, -0.25) is 0 Å². The van der Waals surface area contributed by atoms with Crippen LogP contribution in [-0.4, -0.2) is 4.98 Å². The summed E-state index contributed by atoms with van der Waals surface area (Å²) in [5.74, 6) is -0.315. The number of hydrogen-bond donors (Lipinski definition) is 2. The highest BCUT2D eigenvalue weighted by Crippen LogP contribution is 2.17. The van der Waals surface area contributed by atoms with Gasteiger partial charge in [0.2, 0.25) is 0 Å². The molecule has 17 heavy (non-hydrogen) atoms. The predicted octanol–water partition coefficient (Wildman–Crippen LogP) is 3.07. The number of nitrogens with one attached hydrogen (secondary N) is 1. The maximum atomic E-state index is 13.4. The number of nitrogens with two attached hydrogens (primary N) is 1. The van der Waals surface area contributed by atoms with Gasteiger partial charge in [0.05, 0.1) is 5.02 Å². The SMILES string of the molecule is Nc1ccccc1CNc1ncc(Cl)cc1F. The van der Waals surface area contributed by atoms with Crippen molar-refractivity contribution in [3.05, 3.63) is 52.9 Å². The molecule has 0 saturated carbocycles. The molecule has 0 atom stereocenters. The van der Waals surface area contributed by atoms with Crippen molar-refractivity contribution in [2.45, 2.75) is 6.54 Å². The fourth-order valence-electron chi connectivity index (χ4n) is 1.42. The van der Waals surface area contributed by atoms with Gasteiger partial charge in [0.25, 0.3) is 0 Å². The summed E-state index contributed by atoms with van der Waals surface area (Å²) >= 11 is 5.61. The van der Waals surface area contributed by atoms with Crippen molar-refractivity contribution < 1.29 is 4.39 Å². The van der Waals surface area contributed by atoms with Crippen molar-refractivity contribution in [2.24, 2.45) is 0 Å². The van der Waals surface area contributed by atoms with Crippen LogP contribution in [0.4, 0.5) is 15.9 Å². The van der Waals surface area contributed by atoms with Gasteiger partial charge in [0.15, 0.2) is 11.6 Å². The molecule has 1 aromatic carbocycles. The summed E-state index contributed by atoms with van der Waals surface area (Å²) in [6.07, 6.45) is 1.39. The molecule has 0 unspecified atom stereocenters. The molecule has 0 aliphatic rings. The average molecular weight is 252 g/mol. The minimum absolute atomic E-state index is 0.164. The van der Waals surface area contributed by atoms with Crippen LogP contribution in [0.5, 0.6) is 0 Å². The molecule has 0 amide bonds. The molecule has 1 aromatic heterocycles. The third-order valence-electron chi connectivity index (χ3n) is 2.31.